The number of aromatic nitrogens is 4. The van der Waals surface area contributed by atoms with Crippen LogP contribution >= 0.6 is 0 Å². The van der Waals surface area contributed by atoms with Crippen molar-refractivity contribution in [1.82, 2.24) is 25.1 Å². The van der Waals surface area contributed by atoms with Gasteiger partial charge in [-0.15, -0.1) is 0 Å². The van der Waals surface area contributed by atoms with Crippen LogP contribution in [0.2, 0.25) is 0 Å². The molecular formula is C21H23N5O3. The molecule has 0 bridgehead atoms. The Hall–Kier alpha value is -3.42. The van der Waals surface area contributed by atoms with Gasteiger partial charge in [0.25, 0.3) is 5.56 Å². The maximum Gasteiger partial charge on any atom is 0.325 e. The first-order valence-corrected chi connectivity index (χ1v) is 9.71. The molecule has 1 aromatic carbocycles. The summed E-state index contributed by atoms with van der Waals surface area (Å²) in [5, 5.41) is 7.36. The van der Waals surface area contributed by atoms with Gasteiger partial charge >= 0.3 is 5.69 Å². The van der Waals surface area contributed by atoms with Crippen molar-refractivity contribution >= 4 is 5.91 Å². The number of carbonyl (C=O) groups excluding carboxylic acids is 1. The summed E-state index contributed by atoms with van der Waals surface area (Å²) in [7, 11) is 0. The van der Waals surface area contributed by atoms with Crippen molar-refractivity contribution in [3.8, 4) is 11.1 Å². The molecule has 2 aromatic heterocycles. The molecule has 8 nitrogen and oxygen atoms in total. The van der Waals surface area contributed by atoms with Crippen LogP contribution in [0.3, 0.4) is 0 Å². The van der Waals surface area contributed by atoms with Crippen molar-refractivity contribution in [2.45, 2.75) is 32.1 Å². The molecule has 3 aromatic rings. The summed E-state index contributed by atoms with van der Waals surface area (Å²) in [5.41, 5.74) is 2.85. The van der Waals surface area contributed by atoms with Gasteiger partial charge in [-0.2, -0.15) is 5.10 Å². The molecule has 29 heavy (non-hydrogen) atoms. The average Bonchev–Trinajstić information content (AvgIpc) is 3.21. The van der Waals surface area contributed by atoms with E-state index in [0.717, 1.165) is 29.7 Å². The van der Waals surface area contributed by atoms with E-state index in [1.807, 2.05) is 36.5 Å². The summed E-state index contributed by atoms with van der Waals surface area (Å²) in [6.07, 6.45) is 3.64. The van der Waals surface area contributed by atoms with E-state index in [4.69, 9.17) is 0 Å². The van der Waals surface area contributed by atoms with E-state index in [0.29, 0.717) is 24.3 Å². The van der Waals surface area contributed by atoms with Crippen molar-refractivity contribution in [3.05, 3.63) is 74.3 Å². The standard InChI is InChI=1S/C21H23N5O3/c1-13-16(20(28)24-21(29)23-13)10-18(27)26-9-5-8-15(12-26)19-17(11-22-25-19)14-6-3-2-4-7-14/h2-4,6-7,11,15H,5,8-10,12H2,1H3,(H,22,25)(H2,23,24,28,29)/t15-/m0/s1. The lowest BCUT2D eigenvalue weighted by atomic mass is 9.90. The van der Waals surface area contributed by atoms with Crippen LogP contribution < -0.4 is 11.2 Å². The molecule has 8 heteroatoms. The zero-order valence-corrected chi connectivity index (χ0v) is 16.2. The molecule has 0 aliphatic carbocycles. The lowest BCUT2D eigenvalue weighted by Crippen LogP contribution is -2.41. The molecule has 1 aliphatic heterocycles. The van der Waals surface area contributed by atoms with Gasteiger partial charge < -0.3 is 9.88 Å². The number of amides is 1. The number of benzene rings is 1. The van der Waals surface area contributed by atoms with Crippen LogP contribution in [-0.4, -0.2) is 44.1 Å². The number of likely N-dealkylation sites (tertiary alicyclic amines) is 1. The number of hydrogen-bond donors (Lipinski definition) is 3. The zero-order valence-electron chi connectivity index (χ0n) is 16.2. The minimum Gasteiger partial charge on any atom is -0.342 e. The summed E-state index contributed by atoms with van der Waals surface area (Å²) < 4.78 is 0. The maximum absolute atomic E-state index is 12.9. The number of piperidine rings is 1. The smallest absolute Gasteiger partial charge is 0.325 e. The monoisotopic (exact) mass is 393 g/mol. The number of hydrogen-bond acceptors (Lipinski definition) is 4. The van der Waals surface area contributed by atoms with E-state index in [1.54, 1.807) is 11.8 Å². The highest BCUT2D eigenvalue weighted by Gasteiger charge is 2.28. The number of aryl methyl sites for hydroxylation is 1. The van der Waals surface area contributed by atoms with Gasteiger partial charge in [-0.05, 0) is 25.3 Å². The summed E-state index contributed by atoms with van der Waals surface area (Å²) >= 11 is 0. The molecular weight excluding hydrogens is 370 g/mol. The molecule has 1 aliphatic rings. The van der Waals surface area contributed by atoms with E-state index < -0.39 is 11.2 Å². The SMILES string of the molecule is Cc1[nH]c(=O)[nH]c(=O)c1CC(=O)N1CCC[C@H](c2[nH]ncc2-c2ccccc2)C1. The highest BCUT2D eigenvalue weighted by Crippen LogP contribution is 2.33. The lowest BCUT2D eigenvalue weighted by molar-refractivity contribution is -0.131. The summed E-state index contributed by atoms with van der Waals surface area (Å²) in [4.78, 5) is 42.9. The Labute approximate surface area is 167 Å². The van der Waals surface area contributed by atoms with E-state index in [9.17, 15) is 14.4 Å². The molecule has 3 N–H and O–H groups in total. The first-order chi connectivity index (χ1) is 14.0. The van der Waals surface area contributed by atoms with Crippen molar-refractivity contribution in [2.24, 2.45) is 0 Å². The first-order valence-electron chi connectivity index (χ1n) is 9.71. The fraction of sp³-hybridized carbons (Fsp3) is 0.333. The summed E-state index contributed by atoms with van der Waals surface area (Å²) in [5.74, 6) is 0.0384. The van der Waals surface area contributed by atoms with Gasteiger partial charge in [-0.3, -0.25) is 19.7 Å². The highest BCUT2D eigenvalue weighted by molar-refractivity contribution is 5.79. The third-order valence-electron chi connectivity index (χ3n) is 5.52. The molecule has 1 atom stereocenters. The fourth-order valence-electron chi connectivity index (χ4n) is 4.00. The van der Waals surface area contributed by atoms with Gasteiger partial charge in [0.15, 0.2) is 0 Å². The molecule has 0 spiro atoms. The van der Waals surface area contributed by atoms with Crippen LogP contribution in [0.1, 0.15) is 35.7 Å². The van der Waals surface area contributed by atoms with E-state index >= 15 is 0 Å². The van der Waals surface area contributed by atoms with Crippen LogP contribution in [0.4, 0.5) is 0 Å². The first kappa shape index (κ1) is 18.9. The zero-order chi connectivity index (χ0) is 20.4. The van der Waals surface area contributed by atoms with Gasteiger partial charge in [0.05, 0.1) is 12.6 Å². The fourth-order valence-corrected chi connectivity index (χ4v) is 4.00. The van der Waals surface area contributed by atoms with Gasteiger partial charge in [0.2, 0.25) is 5.91 Å². The second kappa shape index (κ2) is 7.90. The van der Waals surface area contributed by atoms with Crippen molar-refractivity contribution < 1.29 is 4.79 Å². The third-order valence-corrected chi connectivity index (χ3v) is 5.52. The molecule has 1 saturated heterocycles. The molecule has 1 fully saturated rings. The Morgan fingerprint density at radius 1 is 1.21 bits per heavy atom. The molecule has 0 saturated carbocycles. The van der Waals surface area contributed by atoms with Gasteiger partial charge in [0, 0.05) is 41.5 Å². The van der Waals surface area contributed by atoms with Crippen LogP contribution in [0, 0.1) is 6.92 Å². The molecule has 0 unspecified atom stereocenters. The minimum absolute atomic E-state index is 0.0286. The number of carbonyl (C=O) groups is 1. The number of nitrogens with one attached hydrogen (secondary N) is 3. The second-order valence-corrected chi connectivity index (χ2v) is 7.43. The summed E-state index contributed by atoms with van der Waals surface area (Å²) in [6.45, 7) is 2.86. The molecule has 0 radical (unpaired) electrons. The maximum atomic E-state index is 12.9. The number of rotatable bonds is 4. The Bertz CT molecular complexity index is 1130. The topological polar surface area (TPSA) is 115 Å². The average molecular weight is 393 g/mol. The lowest BCUT2D eigenvalue weighted by Gasteiger charge is -2.33. The van der Waals surface area contributed by atoms with Gasteiger partial charge in [-0.1, -0.05) is 30.3 Å². The molecule has 150 valence electrons. The highest BCUT2D eigenvalue weighted by atomic mass is 16.2. The van der Waals surface area contributed by atoms with Crippen molar-refractivity contribution in [3.63, 3.8) is 0 Å². The van der Waals surface area contributed by atoms with E-state index in [1.165, 1.54) is 0 Å². The quantitative estimate of drug-likeness (QED) is 0.626. The van der Waals surface area contributed by atoms with Crippen LogP contribution in [0.25, 0.3) is 11.1 Å². The Kier molecular flexibility index (Phi) is 5.16. The minimum atomic E-state index is -0.561. The number of nitrogens with zero attached hydrogens (tertiary/aromatic N) is 2. The number of H-pyrrole nitrogens is 3. The molecule has 1 amide bonds. The Morgan fingerprint density at radius 2 is 2.00 bits per heavy atom. The van der Waals surface area contributed by atoms with E-state index in [2.05, 4.69) is 20.2 Å². The van der Waals surface area contributed by atoms with Crippen LogP contribution in [-0.2, 0) is 11.2 Å². The van der Waals surface area contributed by atoms with E-state index in [-0.39, 0.29) is 18.2 Å². The third kappa shape index (κ3) is 3.91. The Morgan fingerprint density at radius 3 is 2.76 bits per heavy atom. The van der Waals surface area contributed by atoms with Gasteiger partial charge in [0.1, 0.15) is 0 Å². The number of aromatic amines is 3. The van der Waals surface area contributed by atoms with Crippen LogP contribution in [0.15, 0.2) is 46.1 Å². The van der Waals surface area contributed by atoms with Gasteiger partial charge in [-0.25, -0.2) is 4.79 Å². The largest absolute Gasteiger partial charge is 0.342 e. The van der Waals surface area contributed by atoms with Crippen molar-refractivity contribution in [1.29, 1.82) is 0 Å². The molecule has 3 heterocycles. The summed E-state index contributed by atoms with van der Waals surface area (Å²) in [6, 6.07) is 10.1. The predicted octanol–water partition coefficient (Wildman–Crippen LogP) is 1.71. The molecule has 4 rings (SSSR count). The normalized spacial score (nSPS) is 16.7. The predicted molar refractivity (Wildman–Crippen MR) is 109 cm³/mol. The van der Waals surface area contributed by atoms with Crippen LogP contribution in [0.5, 0.6) is 0 Å². The Balaban J connectivity index is 1.53. The van der Waals surface area contributed by atoms with Crippen molar-refractivity contribution in [2.75, 3.05) is 13.1 Å². The second-order valence-electron chi connectivity index (χ2n) is 7.43.